The summed E-state index contributed by atoms with van der Waals surface area (Å²) >= 11 is 0. The van der Waals surface area contributed by atoms with Crippen LogP contribution in [0.1, 0.15) is 36.7 Å². The fraction of sp³-hybridized carbons (Fsp3) is 0.350. The molecule has 0 aliphatic rings. The van der Waals surface area contributed by atoms with Crippen LogP contribution < -0.4 is 20.1 Å². The lowest BCUT2D eigenvalue weighted by atomic mass is 10.1. The molecule has 2 aromatic rings. The van der Waals surface area contributed by atoms with E-state index in [-0.39, 0.29) is 11.4 Å². The molecular formula is C20H26N2O3. The third-order valence-electron chi connectivity index (χ3n) is 3.69. The third-order valence-corrected chi connectivity index (χ3v) is 3.69. The number of benzene rings is 2. The van der Waals surface area contributed by atoms with Gasteiger partial charge in [-0.2, -0.15) is 0 Å². The highest BCUT2D eigenvalue weighted by Gasteiger charge is 2.18. The van der Waals surface area contributed by atoms with Gasteiger partial charge in [-0.1, -0.05) is 18.2 Å². The Morgan fingerprint density at radius 1 is 0.960 bits per heavy atom. The summed E-state index contributed by atoms with van der Waals surface area (Å²) in [6.07, 6.45) is 0. The molecule has 0 atom stereocenters. The summed E-state index contributed by atoms with van der Waals surface area (Å²) in [4.78, 5) is 12.6. The van der Waals surface area contributed by atoms with Crippen LogP contribution in [0.2, 0.25) is 0 Å². The Bertz CT molecular complexity index is 696. The molecule has 134 valence electrons. The van der Waals surface area contributed by atoms with Crippen LogP contribution in [0.15, 0.2) is 42.5 Å². The van der Waals surface area contributed by atoms with Crippen LogP contribution >= 0.6 is 0 Å². The van der Waals surface area contributed by atoms with Crippen LogP contribution in [0, 0.1) is 0 Å². The van der Waals surface area contributed by atoms with Gasteiger partial charge in [0.05, 0.1) is 14.2 Å². The van der Waals surface area contributed by atoms with Gasteiger partial charge >= 0.3 is 0 Å². The number of carbonyl (C=O) groups is 1. The zero-order valence-corrected chi connectivity index (χ0v) is 15.5. The van der Waals surface area contributed by atoms with Crippen molar-refractivity contribution in [3.8, 4) is 11.5 Å². The van der Waals surface area contributed by atoms with Crippen molar-refractivity contribution in [1.82, 2.24) is 5.32 Å². The van der Waals surface area contributed by atoms with E-state index >= 15 is 0 Å². The number of amides is 1. The molecule has 0 saturated heterocycles. The number of carbonyl (C=O) groups excluding carboxylic acids is 1. The lowest BCUT2D eigenvalue weighted by Gasteiger charge is -2.20. The normalized spacial score (nSPS) is 11.1. The topological polar surface area (TPSA) is 59.6 Å². The molecule has 0 unspecified atom stereocenters. The Balaban J connectivity index is 2.11. The molecule has 0 aromatic heterocycles. The van der Waals surface area contributed by atoms with E-state index in [4.69, 9.17) is 9.47 Å². The number of methoxy groups -OCH3 is 2. The molecule has 5 nitrogen and oxygen atoms in total. The Hall–Kier alpha value is -2.53. The van der Waals surface area contributed by atoms with Crippen molar-refractivity contribution >= 4 is 11.6 Å². The van der Waals surface area contributed by atoms with Gasteiger partial charge < -0.3 is 20.1 Å². The van der Waals surface area contributed by atoms with E-state index < -0.39 is 0 Å². The first kappa shape index (κ1) is 18.8. The largest absolute Gasteiger partial charge is 0.496 e. The average Bonchev–Trinajstić information content (AvgIpc) is 2.59. The SMILES string of the molecule is COc1cccc(OC)c1C(=O)Nc1ccc(CNC(C)(C)C)cc1. The molecule has 0 radical (unpaired) electrons. The number of rotatable bonds is 6. The molecule has 0 spiro atoms. The molecule has 0 bridgehead atoms. The number of hydrogen-bond donors (Lipinski definition) is 2. The molecule has 1 amide bonds. The standard InChI is InChI=1S/C20H26N2O3/c1-20(2,3)21-13-14-9-11-15(12-10-14)22-19(23)18-16(24-4)7-6-8-17(18)25-5/h6-12,21H,13H2,1-5H3,(H,22,23). The Kier molecular flexibility index (Phi) is 6.04. The van der Waals surface area contributed by atoms with Crippen LogP contribution in [0.25, 0.3) is 0 Å². The molecule has 5 heteroatoms. The maximum atomic E-state index is 12.6. The summed E-state index contributed by atoms with van der Waals surface area (Å²) < 4.78 is 10.6. The van der Waals surface area contributed by atoms with Crippen LogP contribution in [0.3, 0.4) is 0 Å². The minimum Gasteiger partial charge on any atom is -0.496 e. The third kappa shape index (κ3) is 5.22. The van der Waals surface area contributed by atoms with E-state index in [1.54, 1.807) is 18.2 Å². The Morgan fingerprint density at radius 3 is 2.00 bits per heavy atom. The summed E-state index contributed by atoms with van der Waals surface area (Å²) in [6, 6.07) is 13.0. The fourth-order valence-corrected chi connectivity index (χ4v) is 2.34. The Morgan fingerprint density at radius 2 is 1.52 bits per heavy atom. The van der Waals surface area contributed by atoms with E-state index in [2.05, 4.69) is 31.4 Å². The van der Waals surface area contributed by atoms with Crippen LogP contribution in [-0.4, -0.2) is 25.7 Å². The zero-order valence-electron chi connectivity index (χ0n) is 15.5. The maximum absolute atomic E-state index is 12.6. The van der Waals surface area contributed by atoms with Crippen LogP contribution in [0.5, 0.6) is 11.5 Å². The highest BCUT2D eigenvalue weighted by Crippen LogP contribution is 2.29. The number of nitrogens with one attached hydrogen (secondary N) is 2. The molecule has 0 saturated carbocycles. The summed E-state index contributed by atoms with van der Waals surface area (Å²) in [7, 11) is 3.06. The lowest BCUT2D eigenvalue weighted by Crippen LogP contribution is -2.35. The first-order valence-electron chi connectivity index (χ1n) is 8.20. The minimum absolute atomic E-state index is 0.0628. The van der Waals surface area contributed by atoms with E-state index in [9.17, 15) is 4.79 Å². The van der Waals surface area contributed by atoms with Gasteiger partial charge in [-0.3, -0.25) is 4.79 Å². The second kappa shape index (κ2) is 8.03. The van der Waals surface area contributed by atoms with Gasteiger partial charge in [0.1, 0.15) is 17.1 Å². The van der Waals surface area contributed by atoms with E-state index in [0.29, 0.717) is 17.1 Å². The molecule has 2 aromatic carbocycles. The van der Waals surface area contributed by atoms with Gasteiger partial charge in [0.25, 0.3) is 5.91 Å². The lowest BCUT2D eigenvalue weighted by molar-refractivity contribution is 0.102. The van der Waals surface area contributed by atoms with Crippen molar-refractivity contribution in [2.75, 3.05) is 19.5 Å². The van der Waals surface area contributed by atoms with Crippen molar-refractivity contribution in [3.63, 3.8) is 0 Å². The minimum atomic E-state index is -0.269. The molecular weight excluding hydrogens is 316 g/mol. The molecule has 2 N–H and O–H groups in total. The maximum Gasteiger partial charge on any atom is 0.263 e. The van der Waals surface area contributed by atoms with Gasteiger partial charge in [-0.05, 0) is 50.6 Å². The molecule has 0 fully saturated rings. The van der Waals surface area contributed by atoms with Gasteiger partial charge in [0.15, 0.2) is 0 Å². The van der Waals surface area contributed by atoms with Gasteiger partial charge in [-0.15, -0.1) is 0 Å². The van der Waals surface area contributed by atoms with Crippen molar-refractivity contribution in [2.24, 2.45) is 0 Å². The Labute approximate surface area is 149 Å². The first-order chi connectivity index (χ1) is 11.8. The first-order valence-corrected chi connectivity index (χ1v) is 8.20. The second-order valence-electron chi connectivity index (χ2n) is 6.79. The van der Waals surface area contributed by atoms with Gasteiger partial charge in [0, 0.05) is 17.8 Å². The van der Waals surface area contributed by atoms with Crippen LogP contribution in [-0.2, 0) is 6.54 Å². The smallest absolute Gasteiger partial charge is 0.263 e. The average molecular weight is 342 g/mol. The molecule has 0 aliphatic carbocycles. The zero-order chi connectivity index (χ0) is 18.4. The van der Waals surface area contributed by atoms with Crippen molar-refractivity contribution < 1.29 is 14.3 Å². The highest BCUT2D eigenvalue weighted by atomic mass is 16.5. The predicted octanol–water partition coefficient (Wildman–Crippen LogP) is 3.84. The van der Waals surface area contributed by atoms with E-state index in [0.717, 1.165) is 17.8 Å². The number of anilines is 1. The molecule has 0 aliphatic heterocycles. The second-order valence-corrected chi connectivity index (χ2v) is 6.79. The number of hydrogen-bond acceptors (Lipinski definition) is 4. The molecule has 0 heterocycles. The predicted molar refractivity (Wildman–Crippen MR) is 101 cm³/mol. The van der Waals surface area contributed by atoms with E-state index in [1.807, 2.05) is 24.3 Å². The van der Waals surface area contributed by atoms with Gasteiger partial charge in [-0.25, -0.2) is 0 Å². The van der Waals surface area contributed by atoms with Gasteiger partial charge in [0.2, 0.25) is 0 Å². The molecule has 2 rings (SSSR count). The summed E-state index contributed by atoms with van der Waals surface area (Å²) in [5, 5.41) is 6.32. The monoisotopic (exact) mass is 342 g/mol. The summed E-state index contributed by atoms with van der Waals surface area (Å²) in [5.74, 6) is 0.681. The molecule has 25 heavy (non-hydrogen) atoms. The van der Waals surface area contributed by atoms with Crippen molar-refractivity contribution in [3.05, 3.63) is 53.6 Å². The highest BCUT2D eigenvalue weighted by molar-refractivity contribution is 6.08. The van der Waals surface area contributed by atoms with E-state index in [1.165, 1.54) is 14.2 Å². The van der Waals surface area contributed by atoms with Crippen LogP contribution in [0.4, 0.5) is 5.69 Å². The number of ether oxygens (including phenoxy) is 2. The van der Waals surface area contributed by atoms with Crippen molar-refractivity contribution in [2.45, 2.75) is 32.9 Å². The summed E-state index contributed by atoms with van der Waals surface area (Å²) in [6.45, 7) is 7.16. The summed E-state index contributed by atoms with van der Waals surface area (Å²) in [5.41, 5.74) is 2.32. The van der Waals surface area contributed by atoms with Crippen molar-refractivity contribution in [1.29, 1.82) is 0 Å². The quantitative estimate of drug-likeness (QED) is 0.837. The fourth-order valence-electron chi connectivity index (χ4n) is 2.34.